The number of nitrogens with zero attached hydrogens (tertiary/aromatic N) is 1. The van der Waals surface area contributed by atoms with Crippen molar-refractivity contribution in [2.75, 3.05) is 33.4 Å². The SMILES string of the molecule is COCCN(CC(F)F)CC(O)c1ccccc1. The van der Waals surface area contributed by atoms with Gasteiger partial charge in [0.15, 0.2) is 0 Å². The van der Waals surface area contributed by atoms with Gasteiger partial charge in [0.05, 0.1) is 19.3 Å². The van der Waals surface area contributed by atoms with E-state index in [1.807, 2.05) is 18.2 Å². The highest BCUT2D eigenvalue weighted by Crippen LogP contribution is 2.14. The standard InChI is InChI=1S/C13H19F2NO2/c1-18-8-7-16(10-13(14)15)9-12(17)11-5-3-2-4-6-11/h2-6,12-13,17H,7-10H2,1H3. The molecule has 0 aliphatic carbocycles. The first-order chi connectivity index (χ1) is 8.63. The number of hydrogen-bond acceptors (Lipinski definition) is 3. The van der Waals surface area contributed by atoms with Gasteiger partial charge in [0.25, 0.3) is 6.43 Å². The van der Waals surface area contributed by atoms with E-state index >= 15 is 0 Å². The summed E-state index contributed by atoms with van der Waals surface area (Å²) >= 11 is 0. The maximum Gasteiger partial charge on any atom is 0.251 e. The second-order valence-corrected chi connectivity index (χ2v) is 4.07. The van der Waals surface area contributed by atoms with Crippen molar-refractivity contribution < 1.29 is 18.6 Å². The summed E-state index contributed by atoms with van der Waals surface area (Å²) in [5, 5.41) is 9.98. The molecule has 3 nitrogen and oxygen atoms in total. The number of rotatable bonds is 8. The lowest BCUT2D eigenvalue weighted by Gasteiger charge is -2.24. The molecule has 18 heavy (non-hydrogen) atoms. The maximum atomic E-state index is 12.4. The van der Waals surface area contributed by atoms with Gasteiger partial charge in [-0.3, -0.25) is 4.90 Å². The van der Waals surface area contributed by atoms with Crippen LogP contribution in [0.4, 0.5) is 8.78 Å². The van der Waals surface area contributed by atoms with E-state index in [1.54, 1.807) is 12.1 Å². The molecule has 0 aromatic heterocycles. The topological polar surface area (TPSA) is 32.7 Å². The first kappa shape index (κ1) is 15.0. The molecule has 1 rings (SSSR count). The van der Waals surface area contributed by atoms with E-state index in [4.69, 9.17) is 4.74 Å². The molecule has 1 unspecified atom stereocenters. The summed E-state index contributed by atoms with van der Waals surface area (Å²) in [6.45, 7) is 0.573. The van der Waals surface area contributed by atoms with E-state index in [0.717, 1.165) is 5.56 Å². The van der Waals surface area contributed by atoms with Crippen molar-refractivity contribution in [1.82, 2.24) is 4.90 Å². The molecule has 1 N–H and O–H groups in total. The van der Waals surface area contributed by atoms with Crippen LogP contribution in [-0.4, -0.2) is 49.8 Å². The van der Waals surface area contributed by atoms with Crippen molar-refractivity contribution in [3.63, 3.8) is 0 Å². The number of aliphatic hydroxyl groups excluding tert-OH is 1. The number of aliphatic hydroxyl groups is 1. The Kier molecular flexibility index (Phi) is 6.78. The lowest BCUT2D eigenvalue weighted by Crippen LogP contribution is -2.35. The molecule has 0 heterocycles. The highest BCUT2D eigenvalue weighted by atomic mass is 19.3. The van der Waals surface area contributed by atoms with Crippen molar-refractivity contribution >= 4 is 0 Å². The van der Waals surface area contributed by atoms with Gasteiger partial charge in [0.1, 0.15) is 0 Å². The molecule has 0 spiro atoms. The molecule has 1 aromatic carbocycles. The Labute approximate surface area is 106 Å². The van der Waals surface area contributed by atoms with E-state index in [9.17, 15) is 13.9 Å². The van der Waals surface area contributed by atoms with Gasteiger partial charge in [-0.15, -0.1) is 0 Å². The van der Waals surface area contributed by atoms with Gasteiger partial charge in [-0.2, -0.15) is 0 Å². The number of hydrogen-bond donors (Lipinski definition) is 1. The third-order valence-electron chi connectivity index (χ3n) is 2.62. The number of methoxy groups -OCH3 is 1. The quantitative estimate of drug-likeness (QED) is 0.774. The Morgan fingerprint density at radius 2 is 1.89 bits per heavy atom. The fourth-order valence-corrected chi connectivity index (χ4v) is 1.70. The molecule has 0 bridgehead atoms. The zero-order valence-electron chi connectivity index (χ0n) is 10.4. The van der Waals surface area contributed by atoms with Crippen LogP contribution in [0.2, 0.25) is 0 Å². The van der Waals surface area contributed by atoms with Gasteiger partial charge in [-0.1, -0.05) is 30.3 Å². The van der Waals surface area contributed by atoms with Crippen LogP contribution in [0.15, 0.2) is 30.3 Å². The molecule has 0 aliphatic heterocycles. The summed E-state index contributed by atoms with van der Waals surface area (Å²) in [6.07, 6.45) is -3.17. The fourth-order valence-electron chi connectivity index (χ4n) is 1.70. The molecule has 0 saturated carbocycles. The normalized spacial score (nSPS) is 13.2. The Morgan fingerprint density at radius 3 is 2.44 bits per heavy atom. The summed E-state index contributed by atoms with van der Waals surface area (Å²) in [5.74, 6) is 0. The van der Waals surface area contributed by atoms with Crippen molar-refractivity contribution in [2.45, 2.75) is 12.5 Å². The van der Waals surface area contributed by atoms with Crippen LogP contribution >= 0.6 is 0 Å². The molecular formula is C13H19F2NO2. The third-order valence-corrected chi connectivity index (χ3v) is 2.62. The fraction of sp³-hybridized carbons (Fsp3) is 0.538. The van der Waals surface area contributed by atoms with Crippen LogP contribution < -0.4 is 0 Å². The highest BCUT2D eigenvalue weighted by Gasteiger charge is 2.16. The predicted molar refractivity (Wildman–Crippen MR) is 65.7 cm³/mol. The highest BCUT2D eigenvalue weighted by molar-refractivity contribution is 5.17. The first-order valence-corrected chi connectivity index (χ1v) is 5.86. The molecule has 0 radical (unpaired) electrons. The van der Waals surface area contributed by atoms with Gasteiger partial charge in [0, 0.05) is 20.2 Å². The number of benzene rings is 1. The number of alkyl halides is 2. The second kappa shape index (κ2) is 8.13. The molecule has 0 fully saturated rings. The largest absolute Gasteiger partial charge is 0.387 e. The zero-order chi connectivity index (χ0) is 13.4. The monoisotopic (exact) mass is 259 g/mol. The molecule has 5 heteroatoms. The van der Waals surface area contributed by atoms with Gasteiger partial charge in [-0.05, 0) is 5.56 Å². The minimum absolute atomic E-state index is 0.178. The van der Waals surface area contributed by atoms with Gasteiger partial charge < -0.3 is 9.84 Å². The average molecular weight is 259 g/mol. The van der Waals surface area contributed by atoms with Crippen LogP contribution in [0.25, 0.3) is 0 Å². The van der Waals surface area contributed by atoms with Crippen molar-refractivity contribution in [3.8, 4) is 0 Å². The summed E-state index contributed by atoms with van der Waals surface area (Å²) in [4.78, 5) is 1.51. The summed E-state index contributed by atoms with van der Waals surface area (Å²) in [5.41, 5.74) is 0.731. The Hall–Kier alpha value is -1.04. The van der Waals surface area contributed by atoms with Crippen molar-refractivity contribution in [1.29, 1.82) is 0 Å². The summed E-state index contributed by atoms with van der Waals surface area (Å²) in [7, 11) is 1.52. The van der Waals surface area contributed by atoms with E-state index < -0.39 is 12.5 Å². The van der Waals surface area contributed by atoms with Gasteiger partial charge in [-0.25, -0.2) is 8.78 Å². The summed E-state index contributed by atoms with van der Waals surface area (Å²) < 4.78 is 29.7. The number of halogens is 2. The van der Waals surface area contributed by atoms with E-state index in [1.165, 1.54) is 12.0 Å². The lowest BCUT2D eigenvalue weighted by atomic mass is 10.1. The second-order valence-electron chi connectivity index (χ2n) is 4.07. The van der Waals surface area contributed by atoms with Crippen LogP contribution in [0.3, 0.4) is 0 Å². The van der Waals surface area contributed by atoms with Gasteiger partial charge >= 0.3 is 0 Å². The smallest absolute Gasteiger partial charge is 0.251 e. The lowest BCUT2D eigenvalue weighted by molar-refractivity contribution is 0.0406. The minimum atomic E-state index is -2.41. The van der Waals surface area contributed by atoms with Crippen LogP contribution in [0.1, 0.15) is 11.7 Å². The third kappa shape index (κ3) is 5.53. The molecular weight excluding hydrogens is 240 g/mol. The average Bonchev–Trinajstić information content (AvgIpc) is 2.36. The zero-order valence-corrected chi connectivity index (χ0v) is 10.4. The van der Waals surface area contributed by atoms with Crippen LogP contribution in [0, 0.1) is 0 Å². The van der Waals surface area contributed by atoms with E-state index in [2.05, 4.69) is 0 Å². The van der Waals surface area contributed by atoms with Crippen LogP contribution in [0.5, 0.6) is 0 Å². The molecule has 1 atom stereocenters. The Balaban J connectivity index is 2.53. The van der Waals surface area contributed by atoms with Gasteiger partial charge in [0.2, 0.25) is 0 Å². The first-order valence-electron chi connectivity index (χ1n) is 5.86. The van der Waals surface area contributed by atoms with E-state index in [0.29, 0.717) is 13.2 Å². The number of ether oxygens (including phenoxy) is 1. The molecule has 0 saturated heterocycles. The Morgan fingerprint density at radius 1 is 1.22 bits per heavy atom. The molecule has 0 amide bonds. The molecule has 1 aromatic rings. The maximum absolute atomic E-state index is 12.4. The Bertz CT molecular complexity index is 322. The van der Waals surface area contributed by atoms with Crippen LogP contribution in [-0.2, 0) is 4.74 Å². The van der Waals surface area contributed by atoms with Crippen molar-refractivity contribution in [2.24, 2.45) is 0 Å². The van der Waals surface area contributed by atoms with E-state index in [-0.39, 0.29) is 13.1 Å². The predicted octanol–water partition coefficient (Wildman–Crippen LogP) is 1.93. The minimum Gasteiger partial charge on any atom is -0.387 e. The molecule has 102 valence electrons. The molecule has 0 aliphatic rings. The summed E-state index contributed by atoms with van der Waals surface area (Å²) in [6, 6.07) is 9.03. The van der Waals surface area contributed by atoms with Crippen molar-refractivity contribution in [3.05, 3.63) is 35.9 Å².